The van der Waals surface area contributed by atoms with Gasteiger partial charge in [-0.2, -0.15) is 0 Å². The number of carbonyl (C=O) groups is 3. The summed E-state index contributed by atoms with van der Waals surface area (Å²) < 4.78 is 5.33. The number of nitrogens with zero attached hydrogens (tertiary/aromatic N) is 1. The van der Waals surface area contributed by atoms with E-state index in [2.05, 4.69) is 5.32 Å². The summed E-state index contributed by atoms with van der Waals surface area (Å²) in [6.45, 7) is 4.39. The Morgan fingerprint density at radius 3 is 2.62 bits per heavy atom. The molecule has 26 heavy (non-hydrogen) atoms. The first kappa shape index (κ1) is 19.8. The van der Waals surface area contributed by atoms with Crippen LogP contribution in [0.2, 0.25) is 0 Å². The van der Waals surface area contributed by atoms with Crippen LogP contribution >= 0.6 is 0 Å². The quantitative estimate of drug-likeness (QED) is 0.773. The van der Waals surface area contributed by atoms with Gasteiger partial charge in [0.25, 0.3) is 0 Å². The number of hydrogen-bond donors (Lipinski definition) is 2. The van der Waals surface area contributed by atoms with Gasteiger partial charge < -0.3 is 15.8 Å². The zero-order valence-corrected chi connectivity index (χ0v) is 15.3. The van der Waals surface area contributed by atoms with E-state index in [-0.39, 0.29) is 18.4 Å². The summed E-state index contributed by atoms with van der Waals surface area (Å²) in [5.41, 5.74) is 6.29. The largest absolute Gasteiger partial charge is 0.445 e. The van der Waals surface area contributed by atoms with E-state index in [9.17, 15) is 14.4 Å². The Kier molecular flexibility index (Phi) is 7.00. The van der Waals surface area contributed by atoms with Crippen LogP contribution in [0.5, 0.6) is 0 Å². The maximum Gasteiger partial charge on any atom is 0.410 e. The van der Waals surface area contributed by atoms with E-state index in [1.165, 1.54) is 4.90 Å². The number of amides is 3. The number of nitrogens with one attached hydrogen (secondary N) is 1. The first-order chi connectivity index (χ1) is 12.4. The first-order valence-electron chi connectivity index (χ1n) is 9.01. The summed E-state index contributed by atoms with van der Waals surface area (Å²) in [5, 5.41) is 2.70. The summed E-state index contributed by atoms with van der Waals surface area (Å²) in [6.07, 6.45) is 1.44. The van der Waals surface area contributed by atoms with E-state index in [1.54, 1.807) is 0 Å². The third-order valence-corrected chi connectivity index (χ3v) is 4.81. The van der Waals surface area contributed by atoms with Gasteiger partial charge in [0.2, 0.25) is 11.8 Å². The van der Waals surface area contributed by atoms with Crippen LogP contribution in [0.3, 0.4) is 0 Å². The molecule has 7 heteroatoms. The lowest BCUT2D eigenvalue weighted by Crippen LogP contribution is -2.54. The molecule has 7 nitrogen and oxygen atoms in total. The third-order valence-electron chi connectivity index (χ3n) is 4.81. The van der Waals surface area contributed by atoms with Crippen LogP contribution in [-0.2, 0) is 20.9 Å². The van der Waals surface area contributed by atoms with Crippen LogP contribution in [0.1, 0.15) is 38.7 Å². The molecular formula is C19H27N3O4. The molecule has 142 valence electrons. The molecule has 0 aliphatic carbocycles. The lowest BCUT2D eigenvalue weighted by molar-refractivity contribution is -0.131. The molecule has 0 saturated carbocycles. The monoisotopic (exact) mass is 361 g/mol. The lowest BCUT2D eigenvalue weighted by atomic mass is 9.98. The van der Waals surface area contributed by atoms with Crippen molar-refractivity contribution < 1.29 is 19.1 Å². The fourth-order valence-corrected chi connectivity index (χ4v) is 3.04. The van der Waals surface area contributed by atoms with Crippen molar-refractivity contribution >= 4 is 17.9 Å². The Labute approximate surface area is 153 Å². The minimum atomic E-state index is -0.740. The molecule has 1 aliphatic heterocycles. The predicted octanol–water partition coefficient (Wildman–Crippen LogP) is 1.80. The molecule has 1 saturated heterocycles. The number of nitrogens with two attached hydrogens (primary N) is 1. The highest BCUT2D eigenvalue weighted by atomic mass is 16.6. The molecule has 0 aromatic heterocycles. The van der Waals surface area contributed by atoms with Gasteiger partial charge in [0.15, 0.2) is 0 Å². The van der Waals surface area contributed by atoms with E-state index in [4.69, 9.17) is 10.5 Å². The minimum Gasteiger partial charge on any atom is -0.445 e. The maximum atomic E-state index is 12.6. The second-order valence-electron chi connectivity index (χ2n) is 6.67. The Hall–Kier alpha value is -2.57. The number of carbonyl (C=O) groups excluding carboxylic acids is 3. The van der Waals surface area contributed by atoms with Crippen molar-refractivity contribution in [3.05, 3.63) is 35.9 Å². The molecule has 1 aromatic carbocycles. The topological polar surface area (TPSA) is 102 Å². The molecule has 0 radical (unpaired) electrons. The summed E-state index contributed by atoms with van der Waals surface area (Å²) in [7, 11) is 0. The minimum absolute atomic E-state index is 0.0728. The Morgan fingerprint density at radius 1 is 1.31 bits per heavy atom. The average Bonchev–Trinajstić information content (AvgIpc) is 3.14. The van der Waals surface area contributed by atoms with Crippen LogP contribution in [0.15, 0.2) is 30.3 Å². The molecular weight excluding hydrogens is 334 g/mol. The molecule has 2 rings (SSSR count). The van der Waals surface area contributed by atoms with Crippen molar-refractivity contribution in [2.75, 3.05) is 6.54 Å². The van der Waals surface area contributed by atoms with Crippen molar-refractivity contribution in [2.24, 2.45) is 11.7 Å². The smallest absolute Gasteiger partial charge is 0.410 e. The van der Waals surface area contributed by atoms with Gasteiger partial charge in [-0.05, 0) is 24.3 Å². The van der Waals surface area contributed by atoms with Gasteiger partial charge in [0.1, 0.15) is 18.7 Å². The van der Waals surface area contributed by atoms with E-state index < -0.39 is 24.1 Å². The number of hydrogen-bond acceptors (Lipinski definition) is 4. The summed E-state index contributed by atoms with van der Waals surface area (Å²) in [6, 6.07) is 7.98. The summed E-state index contributed by atoms with van der Waals surface area (Å²) in [5.74, 6) is -0.997. The van der Waals surface area contributed by atoms with E-state index in [0.29, 0.717) is 25.8 Å². The Balaban J connectivity index is 1.96. The molecule has 1 aromatic rings. The summed E-state index contributed by atoms with van der Waals surface area (Å²) in [4.78, 5) is 38.0. The molecule has 3 atom stereocenters. The molecule has 0 spiro atoms. The molecule has 0 bridgehead atoms. The number of primary amides is 1. The van der Waals surface area contributed by atoms with Gasteiger partial charge >= 0.3 is 6.09 Å². The molecule has 0 unspecified atom stereocenters. The highest BCUT2D eigenvalue weighted by molar-refractivity contribution is 5.91. The van der Waals surface area contributed by atoms with Crippen molar-refractivity contribution in [1.82, 2.24) is 10.2 Å². The highest BCUT2D eigenvalue weighted by Crippen LogP contribution is 2.20. The second kappa shape index (κ2) is 9.22. The number of likely N-dealkylation sites (tertiary alicyclic amines) is 1. The van der Waals surface area contributed by atoms with Crippen LogP contribution in [0.25, 0.3) is 0 Å². The molecule has 3 amide bonds. The van der Waals surface area contributed by atoms with Crippen molar-refractivity contribution in [1.29, 1.82) is 0 Å². The SMILES string of the molecule is CC[C@@H](C)[C@@H](NC(=O)[C@H]1CCCN1C(=O)OCc1ccccc1)C(N)=O. The highest BCUT2D eigenvalue weighted by Gasteiger charge is 2.37. The normalized spacial score (nSPS) is 18.8. The fourth-order valence-electron chi connectivity index (χ4n) is 3.04. The average molecular weight is 361 g/mol. The van der Waals surface area contributed by atoms with Crippen LogP contribution in [0, 0.1) is 5.92 Å². The molecule has 1 heterocycles. The van der Waals surface area contributed by atoms with E-state index >= 15 is 0 Å². The zero-order valence-electron chi connectivity index (χ0n) is 15.3. The number of rotatable bonds is 7. The van der Waals surface area contributed by atoms with Crippen molar-refractivity contribution in [2.45, 2.75) is 51.8 Å². The molecule has 3 N–H and O–H groups in total. The van der Waals surface area contributed by atoms with Crippen LogP contribution in [-0.4, -0.2) is 41.4 Å². The molecule has 1 fully saturated rings. The number of ether oxygens (including phenoxy) is 1. The zero-order chi connectivity index (χ0) is 19.1. The van der Waals surface area contributed by atoms with Crippen molar-refractivity contribution in [3.8, 4) is 0 Å². The Bertz CT molecular complexity index is 635. The lowest BCUT2D eigenvalue weighted by Gasteiger charge is -2.27. The Morgan fingerprint density at radius 2 is 2.00 bits per heavy atom. The summed E-state index contributed by atoms with van der Waals surface area (Å²) >= 11 is 0. The van der Waals surface area contributed by atoms with E-state index in [1.807, 2.05) is 44.2 Å². The van der Waals surface area contributed by atoms with Crippen molar-refractivity contribution in [3.63, 3.8) is 0 Å². The fraction of sp³-hybridized carbons (Fsp3) is 0.526. The van der Waals surface area contributed by atoms with Crippen LogP contribution in [0.4, 0.5) is 4.79 Å². The third kappa shape index (κ3) is 4.97. The maximum absolute atomic E-state index is 12.6. The standard InChI is InChI=1S/C19H27N3O4/c1-3-13(2)16(17(20)23)21-18(24)15-10-7-11-22(15)19(25)26-12-14-8-5-4-6-9-14/h4-6,8-9,13,15-16H,3,7,10-12H2,1-2H3,(H2,20,23)(H,21,24)/t13-,15-,16-/m1/s1. The first-order valence-corrected chi connectivity index (χ1v) is 9.01. The second-order valence-corrected chi connectivity index (χ2v) is 6.67. The van der Waals surface area contributed by atoms with Gasteiger partial charge in [-0.1, -0.05) is 50.6 Å². The van der Waals surface area contributed by atoms with Gasteiger partial charge in [0.05, 0.1) is 0 Å². The van der Waals surface area contributed by atoms with Gasteiger partial charge in [0, 0.05) is 6.54 Å². The molecule has 1 aliphatic rings. The van der Waals surface area contributed by atoms with Gasteiger partial charge in [-0.3, -0.25) is 14.5 Å². The van der Waals surface area contributed by atoms with Gasteiger partial charge in [-0.15, -0.1) is 0 Å². The predicted molar refractivity (Wildman–Crippen MR) is 96.9 cm³/mol. The van der Waals surface area contributed by atoms with Gasteiger partial charge in [-0.25, -0.2) is 4.79 Å². The number of benzene rings is 1. The van der Waals surface area contributed by atoms with E-state index in [0.717, 1.165) is 5.56 Å². The van der Waals surface area contributed by atoms with Crippen LogP contribution < -0.4 is 11.1 Å².